The van der Waals surface area contributed by atoms with E-state index in [1.54, 1.807) is 19.2 Å². The lowest BCUT2D eigenvalue weighted by Crippen LogP contribution is -2.18. The number of aromatic amines is 1. The van der Waals surface area contributed by atoms with Crippen LogP contribution in [0.4, 0.5) is 20.2 Å². The number of carbonyl (C=O) groups is 1. The number of hydrogen-bond acceptors (Lipinski definition) is 5. The van der Waals surface area contributed by atoms with E-state index in [1.165, 1.54) is 6.20 Å². The first-order valence-electron chi connectivity index (χ1n) is 10.9. The molecule has 0 unspecified atom stereocenters. The number of pyridine rings is 1. The number of hydrogen-bond donors (Lipinski definition) is 2. The van der Waals surface area contributed by atoms with E-state index in [0.29, 0.717) is 17.5 Å². The van der Waals surface area contributed by atoms with E-state index in [2.05, 4.69) is 14.7 Å². The third-order valence-corrected chi connectivity index (χ3v) is 7.03. The number of nitrogens with zero attached hydrogens (tertiary/aromatic N) is 2. The summed E-state index contributed by atoms with van der Waals surface area (Å²) in [6.07, 6.45) is 3.29. The monoisotopic (exact) mass is 498 g/mol. The van der Waals surface area contributed by atoms with Gasteiger partial charge in [-0.2, -0.15) is 0 Å². The summed E-state index contributed by atoms with van der Waals surface area (Å²) in [6, 6.07) is 11.3. The Hall–Kier alpha value is -3.79. The predicted octanol–water partition coefficient (Wildman–Crippen LogP) is 4.96. The highest BCUT2D eigenvalue weighted by molar-refractivity contribution is 7.92. The third-order valence-electron chi connectivity index (χ3n) is 5.55. The summed E-state index contributed by atoms with van der Waals surface area (Å²) in [7, 11) is 0.0270. The zero-order valence-electron chi connectivity index (χ0n) is 19.4. The molecule has 0 radical (unpaired) electrons. The van der Waals surface area contributed by atoms with E-state index in [4.69, 9.17) is 0 Å². The van der Waals surface area contributed by atoms with E-state index in [-0.39, 0.29) is 11.3 Å². The molecule has 0 aliphatic carbocycles. The molecular formula is C25H24F2N4O3S. The molecule has 0 saturated carbocycles. The van der Waals surface area contributed by atoms with Gasteiger partial charge < -0.3 is 9.88 Å². The summed E-state index contributed by atoms with van der Waals surface area (Å²) >= 11 is 0. The van der Waals surface area contributed by atoms with Crippen LogP contribution in [0.15, 0.2) is 54.9 Å². The fraction of sp³-hybridized carbons (Fsp3) is 0.200. The lowest BCUT2D eigenvalue weighted by Gasteiger charge is -2.13. The van der Waals surface area contributed by atoms with Crippen molar-refractivity contribution >= 4 is 38.2 Å². The van der Waals surface area contributed by atoms with Crippen LogP contribution in [0, 0.1) is 11.6 Å². The van der Waals surface area contributed by atoms with Gasteiger partial charge in [-0.05, 0) is 42.3 Å². The van der Waals surface area contributed by atoms with Crippen molar-refractivity contribution in [1.29, 1.82) is 0 Å². The molecule has 35 heavy (non-hydrogen) atoms. The van der Waals surface area contributed by atoms with Gasteiger partial charge in [0.2, 0.25) is 15.8 Å². The van der Waals surface area contributed by atoms with Crippen LogP contribution < -0.4 is 9.62 Å². The number of halogens is 2. The van der Waals surface area contributed by atoms with Crippen LogP contribution in [0.3, 0.4) is 0 Å². The molecule has 2 aromatic carbocycles. The van der Waals surface area contributed by atoms with E-state index in [0.717, 1.165) is 28.9 Å². The van der Waals surface area contributed by atoms with Gasteiger partial charge in [-0.1, -0.05) is 19.1 Å². The van der Waals surface area contributed by atoms with Crippen LogP contribution in [0.2, 0.25) is 0 Å². The van der Waals surface area contributed by atoms with Gasteiger partial charge in [-0.15, -0.1) is 0 Å². The van der Waals surface area contributed by atoms with Crippen LogP contribution in [-0.4, -0.2) is 44.0 Å². The first-order valence-corrected chi connectivity index (χ1v) is 12.5. The number of fused-ring (bicyclic) bond motifs is 1. The topological polar surface area (TPSA) is 95.2 Å². The van der Waals surface area contributed by atoms with Gasteiger partial charge in [0.25, 0.3) is 0 Å². The molecule has 4 aromatic rings. The first kappa shape index (κ1) is 24.3. The van der Waals surface area contributed by atoms with E-state index < -0.39 is 38.7 Å². The second-order valence-electron chi connectivity index (χ2n) is 8.30. The van der Waals surface area contributed by atoms with Crippen molar-refractivity contribution in [2.75, 3.05) is 29.5 Å². The third kappa shape index (κ3) is 4.88. The zero-order chi connectivity index (χ0) is 25.3. The average molecular weight is 499 g/mol. The van der Waals surface area contributed by atoms with E-state index in [1.807, 2.05) is 43.3 Å². The Balaban J connectivity index is 1.75. The Morgan fingerprint density at radius 2 is 1.80 bits per heavy atom. The van der Waals surface area contributed by atoms with Crippen molar-refractivity contribution < 1.29 is 22.0 Å². The van der Waals surface area contributed by atoms with Crippen molar-refractivity contribution in [2.45, 2.75) is 13.3 Å². The van der Waals surface area contributed by atoms with Crippen molar-refractivity contribution in [3.05, 3.63) is 77.6 Å². The van der Waals surface area contributed by atoms with Crippen LogP contribution in [0.1, 0.15) is 29.3 Å². The molecule has 10 heteroatoms. The minimum atomic E-state index is -3.84. The van der Waals surface area contributed by atoms with Gasteiger partial charge in [0.1, 0.15) is 11.5 Å². The van der Waals surface area contributed by atoms with Crippen LogP contribution in [0.25, 0.3) is 22.2 Å². The van der Waals surface area contributed by atoms with Gasteiger partial charge in [0, 0.05) is 48.7 Å². The van der Waals surface area contributed by atoms with Crippen LogP contribution in [0.5, 0.6) is 0 Å². The number of H-pyrrole nitrogens is 1. The maximum atomic E-state index is 15.2. The van der Waals surface area contributed by atoms with Gasteiger partial charge in [-0.25, -0.2) is 22.2 Å². The lowest BCUT2D eigenvalue weighted by molar-refractivity contribution is 0.103. The Morgan fingerprint density at radius 1 is 1.09 bits per heavy atom. The Labute approximate surface area is 201 Å². The number of rotatable bonds is 8. The summed E-state index contributed by atoms with van der Waals surface area (Å²) in [6.45, 7) is 1.66. The lowest BCUT2D eigenvalue weighted by atomic mass is 9.99. The second-order valence-corrected chi connectivity index (χ2v) is 10.1. The van der Waals surface area contributed by atoms with Crippen LogP contribution in [-0.2, 0) is 10.0 Å². The normalized spacial score (nSPS) is 11.6. The quantitative estimate of drug-likeness (QED) is 0.335. The zero-order valence-corrected chi connectivity index (χ0v) is 20.2. The first-order chi connectivity index (χ1) is 16.6. The molecule has 7 nitrogen and oxygen atoms in total. The number of sulfonamides is 1. The van der Waals surface area contributed by atoms with Crippen LogP contribution >= 0.6 is 0 Å². The number of benzene rings is 2. The van der Waals surface area contributed by atoms with E-state index >= 15 is 4.39 Å². The van der Waals surface area contributed by atoms with Crippen molar-refractivity contribution in [3.63, 3.8) is 0 Å². The molecule has 0 aliphatic heterocycles. The molecule has 4 rings (SSSR count). The maximum Gasteiger partial charge on any atom is 0.232 e. The van der Waals surface area contributed by atoms with Crippen molar-refractivity contribution in [1.82, 2.24) is 9.97 Å². The highest BCUT2D eigenvalue weighted by atomic mass is 32.2. The second kappa shape index (κ2) is 9.46. The molecule has 0 aliphatic rings. The van der Waals surface area contributed by atoms with E-state index in [9.17, 15) is 17.6 Å². The average Bonchev–Trinajstić information content (AvgIpc) is 3.24. The molecule has 0 amide bonds. The smallest absolute Gasteiger partial charge is 0.232 e. The predicted molar refractivity (Wildman–Crippen MR) is 133 cm³/mol. The Bertz CT molecular complexity index is 1510. The molecule has 0 fully saturated rings. The molecule has 0 saturated heterocycles. The summed E-state index contributed by atoms with van der Waals surface area (Å²) < 4.78 is 56.1. The molecule has 0 atom stereocenters. The molecule has 2 N–H and O–H groups in total. The van der Waals surface area contributed by atoms with Gasteiger partial charge >= 0.3 is 0 Å². The number of nitrogens with one attached hydrogen (secondary N) is 2. The standard InChI is InChI=1S/C25H24F2N4O3S/c1-4-11-35(33,34)30-21-10-9-20(26)22(23(21)27)24(32)19-14-29-25-18(19)12-16(13-28-25)15-5-7-17(8-6-15)31(2)3/h5-10,12-14,30H,4,11H2,1-3H3,(H,28,29). The number of carbonyl (C=O) groups excluding carboxylic acids is 1. The number of anilines is 2. The Morgan fingerprint density at radius 3 is 2.46 bits per heavy atom. The summed E-state index contributed by atoms with van der Waals surface area (Å²) in [4.78, 5) is 22.4. The highest BCUT2D eigenvalue weighted by Crippen LogP contribution is 2.30. The molecule has 0 spiro atoms. The fourth-order valence-electron chi connectivity index (χ4n) is 3.76. The maximum absolute atomic E-state index is 15.2. The Kier molecular flexibility index (Phi) is 6.58. The largest absolute Gasteiger partial charge is 0.378 e. The molecule has 182 valence electrons. The van der Waals surface area contributed by atoms with Gasteiger partial charge in [0.05, 0.1) is 17.0 Å². The summed E-state index contributed by atoms with van der Waals surface area (Å²) in [5.74, 6) is -3.53. The number of ketones is 1. The number of aromatic nitrogens is 2. The minimum Gasteiger partial charge on any atom is -0.378 e. The van der Waals surface area contributed by atoms with Crippen molar-refractivity contribution in [2.24, 2.45) is 0 Å². The van der Waals surface area contributed by atoms with Gasteiger partial charge in [-0.3, -0.25) is 9.52 Å². The summed E-state index contributed by atoms with van der Waals surface area (Å²) in [5.41, 5.74) is 1.66. The SMILES string of the molecule is CCCS(=O)(=O)Nc1ccc(F)c(C(=O)c2c[nH]c3ncc(-c4ccc(N(C)C)cc4)cc23)c1F. The summed E-state index contributed by atoms with van der Waals surface area (Å²) in [5, 5.41) is 0.389. The molecule has 2 aromatic heterocycles. The molecule has 0 bridgehead atoms. The van der Waals surface area contributed by atoms with Gasteiger partial charge in [0.15, 0.2) is 5.82 Å². The van der Waals surface area contributed by atoms with Crippen molar-refractivity contribution in [3.8, 4) is 11.1 Å². The molecule has 2 heterocycles. The minimum absolute atomic E-state index is 0.0191. The highest BCUT2D eigenvalue weighted by Gasteiger charge is 2.26. The molecular weight excluding hydrogens is 474 g/mol. The fourth-order valence-corrected chi connectivity index (χ4v) is 4.89.